The molecule has 0 radical (unpaired) electrons. The zero-order valence-electron chi connectivity index (χ0n) is 17.0. The van der Waals surface area contributed by atoms with Gasteiger partial charge in [0.25, 0.3) is 0 Å². The Morgan fingerprint density at radius 2 is 1.90 bits per heavy atom. The molecular weight excluding hydrogens is 390 g/mol. The van der Waals surface area contributed by atoms with Crippen molar-refractivity contribution in [2.45, 2.75) is 20.4 Å². The number of anilines is 1. The van der Waals surface area contributed by atoms with Gasteiger partial charge in [-0.2, -0.15) is 9.78 Å². The van der Waals surface area contributed by atoms with E-state index in [2.05, 4.69) is 22.1 Å². The summed E-state index contributed by atoms with van der Waals surface area (Å²) >= 11 is 6.39. The lowest BCUT2D eigenvalue weighted by molar-refractivity contribution is -0.116. The number of likely N-dealkylation sites (tertiary alicyclic amines) is 2. The predicted octanol–water partition coefficient (Wildman–Crippen LogP) is 2.86. The van der Waals surface area contributed by atoms with Crippen molar-refractivity contribution in [1.29, 1.82) is 0 Å². The van der Waals surface area contributed by atoms with Crippen LogP contribution in [0, 0.1) is 18.8 Å². The number of nitrogens with zero attached hydrogens (tertiary/aromatic N) is 5. The van der Waals surface area contributed by atoms with Crippen molar-refractivity contribution >= 4 is 29.2 Å². The lowest BCUT2D eigenvalue weighted by Gasteiger charge is -2.22. The van der Waals surface area contributed by atoms with Gasteiger partial charge in [-0.1, -0.05) is 23.7 Å². The van der Waals surface area contributed by atoms with E-state index in [1.807, 2.05) is 17.9 Å². The quantitative estimate of drug-likeness (QED) is 0.773. The molecule has 2 amide bonds. The molecule has 1 aromatic carbocycles. The number of rotatable bonds is 3. The van der Waals surface area contributed by atoms with Crippen molar-refractivity contribution in [2.75, 3.05) is 38.1 Å². The third-order valence-corrected chi connectivity index (χ3v) is 6.41. The second kappa shape index (κ2) is 7.80. The summed E-state index contributed by atoms with van der Waals surface area (Å²) in [5.41, 5.74) is 2.94. The van der Waals surface area contributed by atoms with E-state index in [4.69, 9.17) is 11.6 Å². The first kappa shape index (κ1) is 19.9. The number of fused-ring (bicyclic) bond motifs is 1. The Bertz CT molecular complexity index is 929. The summed E-state index contributed by atoms with van der Waals surface area (Å²) in [7, 11) is 1.67. The topological polar surface area (TPSA) is 61.7 Å². The first-order valence-corrected chi connectivity index (χ1v) is 10.2. The number of aryl methyl sites for hydroxylation is 1. The van der Waals surface area contributed by atoms with Crippen LogP contribution in [0.15, 0.2) is 30.6 Å². The average Bonchev–Trinajstić information content (AvgIpc) is 3.37. The highest BCUT2D eigenvalue weighted by Crippen LogP contribution is 2.33. The number of hydrogen-bond donors (Lipinski definition) is 0. The minimum atomic E-state index is -0.129. The molecule has 0 saturated carbocycles. The molecule has 2 aliphatic heterocycles. The smallest absolute Gasteiger partial charge is 0.322 e. The minimum Gasteiger partial charge on any atom is -0.322 e. The predicted molar refractivity (Wildman–Crippen MR) is 112 cm³/mol. The molecule has 0 spiro atoms. The van der Waals surface area contributed by atoms with Crippen molar-refractivity contribution in [1.82, 2.24) is 19.6 Å². The molecule has 29 heavy (non-hydrogen) atoms. The van der Waals surface area contributed by atoms with Crippen LogP contribution in [-0.2, 0) is 11.3 Å². The number of hydrogen-bond acceptors (Lipinski definition) is 4. The molecule has 1 aromatic heterocycles. The van der Waals surface area contributed by atoms with Gasteiger partial charge in [0.2, 0.25) is 5.91 Å². The molecule has 3 heterocycles. The van der Waals surface area contributed by atoms with Crippen LogP contribution in [0.5, 0.6) is 0 Å². The SMILES string of the molecule is CC(=O)N(C)c1cnn(C(=O)N2CC3CN(Cc4ccc(C)cc4Cl)CC3C2)c1. The van der Waals surface area contributed by atoms with Crippen LogP contribution >= 0.6 is 11.6 Å². The van der Waals surface area contributed by atoms with E-state index in [0.717, 1.165) is 43.3 Å². The van der Waals surface area contributed by atoms with Crippen molar-refractivity contribution in [3.8, 4) is 0 Å². The number of carbonyl (C=O) groups is 2. The maximum absolute atomic E-state index is 12.8. The summed E-state index contributed by atoms with van der Waals surface area (Å²) in [6.07, 6.45) is 3.16. The molecule has 2 aromatic rings. The zero-order valence-corrected chi connectivity index (χ0v) is 17.8. The largest absolute Gasteiger partial charge is 0.344 e. The molecule has 0 N–H and O–H groups in total. The van der Waals surface area contributed by atoms with E-state index >= 15 is 0 Å². The Morgan fingerprint density at radius 1 is 1.21 bits per heavy atom. The molecule has 2 fully saturated rings. The van der Waals surface area contributed by atoms with Crippen LogP contribution in [0.4, 0.5) is 10.5 Å². The average molecular weight is 416 g/mol. The normalized spacial score (nSPS) is 21.4. The lowest BCUT2D eigenvalue weighted by atomic mass is 10.0. The van der Waals surface area contributed by atoms with Crippen molar-refractivity contribution in [3.05, 3.63) is 46.7 Å². The van der Waals surface area contributed by atoms with Crippen LogP contribution in [-0.4, -0.2) is 64.7 Å². The number of carbonyl (C=O) groups excluding carboxylic acids is 2. The molecule has 4 rings (SSSR count). The van der Waals surface area contributed by atoms with Gasteiger partial charge in [-0.3, -0.25) is 9.69 Å². The number of benzene rings is 1. The fourth-order valence-electron chi connectivity index (χ4n) is 4.31. The van der Waals surface area contributed by atoms with Gasteiger partial charge in [0, 0.05) is 51.7 Å². The molecule has 2 saturated heterocycles. The fourth-order valence-corrected chi connectivity index (χ4v) is 4.61. The van der Waals surface area contributed by atoms with E-state index in [1.54, 1.807) is 19.4 Å². The van der Waals surface area contributed by atoms with Gasteiger partial charge in [-0.25, -0.2) is 4.79 Å². The summed E-state index contributed by atoms with van der Waals surface area (Å²) in [4.78, 5) is 30.1. The van der Waals surface area contributed by atoms with E-state index in [1.165, 1.54) is 22.1 Å². The molecule has 2 aliphatic rings. The van der Waals surface area contributed by atoms with Crippen LogP contribution in [0.2, 0.25) is 5.02 Å². The molecule has 2 unspecified atom stereocenters. The molecule has 0 bridgehead atoms. The summed E-state index contributed by atoms with van der Waals surface area (Å²) in [6.45, 7) is 7.78. The third-order valence-electron chi connectivity index (χ3n) is 6.06. The van der Waals surface area contributed by atoms with Crippen LogP contribution < -0.4 is 4.90 Å². The highest BCUT2D eigenvalue weighted by atomic mass is 35.5. The Labute approximate surface area is 175 Å². The standard InChI is InChI=1S/C21H26ClN5O2/c1-14-4-5-16(20(22)6-14)8-25-9-17-11-26(12-18(17)10-25)21(29)27-13-19(7-23-27)24(3)15(2)28/h4-7,13,17-18H,8-12H2,1-3H3. The van der Waals surface area contributed by atoms with Crippen molar-refractivity contribution in [3.63, 3.8) is 0 Å². The van der Waals surface area contributed by atoms with Gasteiger partial charge in [-0.15, -0.1) is 0 Å². The maximum atomic E-state index is 12.8. The van der Waals surface area contributed by atoms with Crippen LogP contribution in [0.3, 0.4) is 0 Å². The van der Waals surface area contributed by atoms with Gasteiger partial charge in [0.15, 0.2) is 0 Å². The second-order valence-electron chi connectivity index (χ2n) is 8.22. The maximum Gasteiger partial charge on any atom is 0.344 e. The lowest BCUT2D eigenvalue weighted by Crippen LogP contribution is -2.36. The van der Waals surface area contributed by atoms with E-state index in [0.29, 0.717) is 17.5 Å². The molecule has 8 heteroatoms. The van der Waals surface area contributed by atoms with Crippen LogP contribution in [0.1, 0.15) is 18.1 Å². The van der Waals surface area contributed by atoms with Gasteiger partial charge in [-0.05, 0) is 36.0 Å². The molecule has 154 valence electrons. The summed E-state index contributed by atoms with van der Waals surface area (Å²) in [6, 6.07) is 6.08. The van der Waals surface area contributed by atoms with E-state index in [9.17, 15) is 9.59 Å². The molecule has 7 nitrogen and oxygen atoms in total. The third kappa shape index (κ3) is 4.02. The molecule has 0 aliphatic carbocycles. The highest BCUT2D eigenvalue weighted by Gasteiger charge is 2.42. The summed E-state index contributed by atoms with van der Waals surface area (Å²) in [5.74, 6) is 0.845. The zero-order chi connectivity index (χ0) is 20.7. The first-order chi connectivity index (χ1) is 13.8. The first-order valence-electron chi connectivity index (χ1n) is 9.87. The monoisotopic (exact) mass is 415 g/mol. The van der Waals surface area contributed by atoms with E-state index in [-0.39, 0.29) is 11.9 Å². The van der Waals surface area contributed by atoms with Gasteiger partial charge >= 0.3 is 6.03 Å². The number of aromatic nitrogens is 2. The van der Waals surface area contributed by atoms with Gasteiger partial charge in [0.05, 0.1) is 18.1 Å². The Morgan fingerprint density at radius 3 is 2.52 bits per heavy atom. The second-order valence-corrected chi connectivity index (χ2v) is 8.63. The van der Waals surface area contributed by atoms with E-state index < -0.39 is 0 Å². The Balaban J connectivity index is 1.35. The van der Waals surface area contributed by atoms with Crippen molar-refractivity contribution < 1.29 is 9.59 Å². The molecular formula is C21H26ClN5O2. The molecule has 2 atom stereocenters. The highest BCUT2D eigenvalue weighted by molar-refractivity contribution is 6.31. The van der Waals surface area contributed by atoms with Gasteiger partial charge < -0.3 is 9.80 Å². The fraction of sp³-hybridized carbons (Fsp3) is 0.476. The summed E-state index contributed by atoms with van der Waals surface area (Å²) in [5, 5.41) is 4.98. The number of halogens is 1. The summed E-state index contributed by atoms with van der Waals surface area (Å²) < 4.78 is 1.33. The Kier molecular flexibility index (Phi) is 5.36. The van der Waals surface area contributed by atoms with Gasteiger partial charge in [0.1, 0.15) is 0 Å². The number of amides is 2. The Hall–Kier alpha value is -2.38. The van der Waals surface area contributed by atoms with Crippen LogP contribution in [0.25, 0.3) is 0 Å². The minimum absolute atomic E-state index is 0.0959. The van der Waals surface area contributed by atoms with Crippen molar-refractivity contribution in [2.24, 2.45) is 11.8 Å².